The Morgan fingerprint density at radius 2 is 1.60 bits per heavy atom. The smallest absolute Gasteiger partial charge is 0.331 e. The Kier molecular flexibility index (Phi) is 4.35. The van der Waals surface area contributed by atoms with Gasteiger partial charge in [0.2, 0.25) is 0 Å². The zero-order valence-electron chi connectivity index (χ0n) is 10.8. The highest BCUT2D eigenvalue weighted by Gasteiger charge is 2.40. The zero-order chi connectivity index (χ0) is 15.1. The number of hydrogen-bond donors (Lipinski definition) is 0. The first-order chi connectivity index (χ1) is 9.25. The van der Waals surface area contributed by atoms with Crippen molar-refractivity contribution in [2.45, 2.75) is 26.1 Å². The summed E-state index contributed by atoms with van der Waals surface area (Å²) in [6.45, 7) is 3.70. The van der Waals surface area contributed by atoms with Crippen LogP contribution in [0.1, 0.15) is 25.5 Å². The van der Waals surface area contributed by atoms with Gasteiger partial charge >= 0.3 is 6.18 Å². The molecule has 0 N–H and O–H groups in total. The molecule has 1 aromatic heterocycles. The van der Waals surface area contributed by atoms with E-state index < -0.39 is 11.7 Å². The fraction of sp³-hybridized carbons (Fsp3) is 0.286. The molecule has 0 amide bonds. The minimum absolute atomic E-state index is 0.0470. The minimum Gasteiger partial charge on any atom is -0.331 e. The zero-order valence-corrected chi connectivity index (χ0v) is 14.0. The number of aromatic nitrogens is 1. The van der Waals surface area contributed by atoms with Crippen LogP contribution in [0.15, 0.2) is 39.4 Å². The molecule has 1 aromatic carbocycles. The molecule has 0 aliphatic carbocycles. The van der Waals surface area contributed by atoms with E-state index in [-0.39, 0.29) is 15.1 Å². The predicted molar refractivity (Wildman–Crippen MR) is 80.7 cm³/mol. The second kappa shape index (κ2) is 5.56. The van der Waals surface area contributed by atoms with E-state index in [4.69, 9.17) is 0 Å². The number of halogens is 5. The van der Waals surface area contributed by atoms with Gasteiger partial charge in [-0.05, 0) is 51.3 Å². The van der Waals surface area contributed by atoms with Crippen molar-refractivity contribution in [1.29, 1.82) is 0 Å². The van der Waals surface area contributed by atoms with Crippen molar-refractivity contribution in [1.82, 2.24) is 4.57 Å². The molecule has 0 atom stereocenters. The van der Waals surface area contributed by atoms with Crippen molar-refractivity contribution >= 4 is 31.9 Å². The molecule has 0 spiro atoms. The summed E-state index contributed by atoms with van der Waals surface area (Å²) in [5.41, 5.74) is 0.592. The molecular weight excluding hydrogens is 399 g/mol. The van der Waals surface area contributed by atoms with Crippen LogP contribution in [0.5, 0.6) is 0 Å². The van der Waals surface area contributed by atoms with Crippen LogP contribution in [0.4, 0.5) is 13.2 Å². The molecule has 1 nitrogen and oxygen atoms in total. The fourth-order valence-electron chi connectivity index (χ4n) is 2.12. The largest absolute Gasteiger partial charge is 0.420 e. The van der Waals surface area contributed by atoms with E-state index in [1.807, 2.05) is 19.9 Å². The Balaban J connectivity index is 2.81. The summed E-state index contributed by atoms with van der Waals surface area (Å²) in [6.07, 6.45) is -4.42. The fourth-order valence-corrected chi connectivity index (χ4v) is 4.23. The van der Waals surface area contributed by atoms with E-state index in [9.17, 15) is 13.2 Å². The van der Waals surface area contributed by atoms with E-state index in [2.05, 4.69) is 31.9 Å². The third-order valence-corrected chi connectivity index (χ3v) is 4.48. The molecule has 1 heterocycles. The number of benzene rings is 1. The molecule has 108 valence electrons. The maximum absolute atomic E-state index is 13.2. The summed E-state index contributed by atoms with van der Waals surface area (Å²) in [5, 5.41) is 0. The van der Waals surface area contributed by atoms with Crippen LogP contribution >= 0.6 is 31.9 Å². The van der Waals surface area contributed by atoms with Crippen LogP contribution in [0, 0.1) is 0 Å². The Bertz CT molecular complexity index is 616. The van der Waals surface area contributed by atoms with E-state index in [0.29, 0.717) is 5.69 Å². The predicted octanol–water partition coefficient (Wildman–Crippen LogP) is 6.28. The molecule has 0 aliphatic heterocycles. The first kappa shape index (κ1) is 15.6. The Morgan fingerprint density at radius 1 is 1.05 bits per heavy atom. The average Bonchev–Trinajstić information content (AvgIpc) is 2.61. The van der Waals surface area contributed by atoms with Gasteiger partial charge in [-0.2, -0.15) is 13.2 Å². The van der Waals surface area contributed by atoms with Crippen LogP contribution in [-0.2, 0) is 6.18 Å². The van der Waals surface area contributed by atoms with Crippen LogP contribution in [0.25, 0.3) is 11.3 Å². The number of nitrogens with zero attached hydrogens (tertiary/aromatic N) is 1. The maximum Gasteiger partial charge on any atom is 0.420 e. The lowest BCUT2D eigenvalue weighted by atomic mass is 10.1. The quantitative estimate of drug-likeness (QED) is 0.549. The lowest BCUT2D eigenvalue weighted by molar-refractivity contribution is -0.138. The van der Waals surface area contributed by atoms with Crippen LogP contribution in [0.3, 0.4) is 0 Å². The van der Waals surface area contributed by atoms with Gasteiger partial charge in [-0.25, -0.2) is 0 Å². The van der Waals surface area contributed by atoms with Crippen LogP contribution < -0.4 is 0 Å². The first-order valence-corrected chi connectivity index (χ1v) is 7.55. The van der Waals surface area contributed by atoms with Gasteiger partial charge in [0.1, 0.15) is 5.56 Å². The van der Waals surface area contributed by atoms with E-state index in [1.165, 1.54) is 0 Å². The van der Waals surface area contributed by atoms with Crippen molar-refractivity contribution < 1.29 is 13.2 Å². The molecular formula is C14H12Br2F3N. The highest BCUT2D eigenvalue weighted by atomic mass is 79.9. The monoisotopic (exact) mass is 409 g/mol. The molecule has 20 heavy (non-hydrogen) atoms. The molecule has 0 bridgehead atoms. The molecule has 2 aromatic rings. The topological polar surface area (TPSA) is 4.93 Å². The number of rotatable bonds is 2. The Hall–Kier alpha value is -0.750. The van der Waals surface area contributed by atoms with E-state index >= 15 is 0 Å². The van der Waals surface area contributed by atoms with Gasteiger partial charge in [-0.3, -0.25) is 0 Å². The number of alkyl halides is 3. The second-order valence-corrected chi connectivity index (χ2v) is 6.20. The van der Waals surface area contributed by atoms with Crippen molar-refractivity contribution in [3.05, 3.63) is 45.0 Å². The first-order valence-electron chi connectivity index (χ1n) is 5.97. The van der Waals surface area contributed by atoms with Gasteiger partial charge in [0.05, 0.1) is 14.8 Å². The van der Waals surface area contributed by atoms with Gasteiger partial charge in [-0.1, -0.05) is 30.3 Å². The summed E-state index contributed by atoms with van der Waals surface area (Å²) >= 11 is 6.22. The standard InChI is InChI=1S/C14H12Br2F3N/c1-8(2)20-12(9-6-4-3-5-7-9)11(15)10(13(20)16)14(17,18)19/h3-8H,1-2H3. The second-order valence-electron chi connectivity index (χ2n) is 4.66. The summed E-state index contributed by atoms with van der Waals surface area (Å²) < 4.78 is 41.4. The van der Waals surface area contributed by atoms with Gasteiger partial charge in [0, 0.05) is 6.04 Å². The lowest BCUT2D eigenvalue weighted by Gasteiger charge is -2.15. The molecule has 0 aliphatic rings. The van der Waals surface area contributed by atoms with Crippen molar-refractivity contribution in [3.63, 3.8) is 0 Å². The van der Waals surface area contributed by atoms with Gasteiger partial charge in [0.25, 0.3) is 0 Å². The Labute approximate surface area is 132 Å². The summed E-state index contributed by atoms with van der Waals surface area (Å²) in [6, 6.07) is 8.94. The maximum atomic E-state index is 13.2. The third kappa shape index (κ3) is 2.68. The lowest BCUT2D eigenvalue weighted by Crippen LogP contribution is -2.07. The molecule has 0 saturated carbocycles. The SMILES string of the molecule is CC(C)n1c(Br)c(C(F)(F)F)c(Br)c1-c1ccccc1. The molecule has 0 saturated heterocycles. The van der Waals surface area contributed by atoms with E-state index in [0.717, 1.165) is 5.56 Å². The highest BCUT2D eigenvalue weighted by molar-refractivity contribution is 9.11. The normalized spacial score (nSPS) is 12.2. The van der Waals surface area contributed by atoms with Gasteiger partial charge in [0.15, 0.2) is 0 Å². The van der Waals surface area contributed by atoms with Crippen molar-refractivity contribution in [2.24, 2.45) is 0 Å². The van der Waals surface area contributed by atoms with Crippen molar-refractivity contribution in [2.75, 3.05) is 0 Å². The minimum atomic E-state index is -4.42. The molecule has 2 rings (SSSR count). The summed E-state index contributed by atoms with van der Waals surface area (Å²) in [7, 11) is 0. The van der Waals surface area contributed by atoms with E-state index in [1.54, 1.807) is 28.8 Å². The average molecular weight is 411 g/mol. The third-order valence-electron chi connectivity index (χ3n) is 2.93. The van der Waals surface area contributed by atoms with Crippen molar-refractivity contribution in [3.8, 4) is 11.3 Å². The molecule has 0 fully saturated rings. The summed E-state index contributed by atoms with van der Waals surface area (Å²) in [5.74, 6) is 0. The molecule has 6 heteroatoms. The van der Waals surface area contributed by atoms with Gasteiger partial charge in [-0.15, -0.1) is 0 Å². The Morgan fingerprint density at radius 3 is 2.05 bits per heavy atom. The number of hydrogen-bond acceptors (Lipinski definition) is 0. The highest BCUT2D eigenvalue weighted by Crippen LogP contribution is 2.47. The molecule has 0 unspecified atom stereocenters. The van der Waals surface area contributed by atoms with Gasteiger partial charge < -0.3 is 4.57 Å². The summed E-state index contributed by atoms with van der Waals surface area (Å²) in [4.78, 5) is 0. The van der Waals surface area contributed by atoms with Crippen LogP contribution in [0.2, 0.25) is 0 Å². The molecule has 0 radical (unpaired) electrons. The van der Waals surface area contributed by atoms with Crippen LogP contribution in [-0.4, -0.2) is 4.57 Å².